The van der Waals surface area contributed by atoms with Crippen LogP contribution in [0.2, 0.25) is 0 Å². The van der Waals surface area contributed by atoms with Gasteiger partial charge in [-0.05, 0) is 6.42 Å². The first-order valence-electron chi connectivity index (χ1n) is 5.98. The molecule has 0 fully saturated rings. The molecule has 0 amide bonds. The Balaban J connectivity index is 0. The second-order valence-corrected chi connectivity index (χ2v) is 5.59. The van der Waals surface area contributed by atoms with Gasteiger partial charge in [0.15, 0.2) is 11.6 Å². The van der Waals surface area contributed by atoms with Crippen LogP contribution in [0.15, 0.2) is 0 Å². The van der Waals surface area contributed by atoms with E-state index in [0.29, 0.717) is 13.0 Å². The van der Waals surface area contributed by atoms with Crippen LogP contribution in [0.4, 0.5) is 0 Å². The summed E-state index contributed by atoms with van der Waals surface area (Å²) in [4.78, 5) is 41.7. The van der Waals surface area contributed by atoms with Crippen molar-refractivity contribution in [3.05, 3.63) is 0 Å². The highest BCUT2D eigenvalue weighted by Crippen LogP contribution is 2.04. The summed E-state index contributed by atoms with van der Waals surface area (Å²) < 4.78 is 6.04. The molecule has 0 aliphatic heterocycles. The lowest BCUT2D eigenvalue weighted by atomic mass is 10.0. The van der Waals surface area contributed by atoms with Gasteiger partial charge in [0.1, 0.15) is 18.9 Å². The fraction of sp³-hybridized carbons (Fsp3) is 0.667. The van der Waals surface area contributed by atoms with E-state index >= 15 is 0 Å². The molecule has 0 saturated heterocycles. The Hall–Kier alpha value is -0.300. The molecule has 0 aromatic carbocycles. The molecule has 0 rings (SSSR count). The Kier molecular flexibility index (Phi) is 16.0. The molecule has 2 N–H and O–H groups in total. The normalized spacial score (nSPS) is 11.0. The van der Waals surface area contributed by atoms with Crippen molar-refractivity contribution in [2.75, 3.05) is 22.1 Å². The highest BCUT2D eigenvalue weighted by Gasteiger charge is 2.23. The van der Waals surface area contributed by atoms with Crippen LogP contribution in [-0.4, -0.2) is 55.8 Å². The van der Waals surface area contributed by atoms with Crippen LogP contribution in [0.1, 0.15) is 19.8 Å². The van der Waals surface area contributed by atoms with Crippen molar-refractivity contribution in [3.8, 4) is 0 Å². The molecule has 1 unspecified atom stereocenters. The van der Waals surface area contributed by atoms with Crippen molar-refractivity contribution in [3.63, 3.8) is 0 Å². The van der Waals surface area contributed by atoms with Gasteiger partial charge in [0.05, 0.1) is 11.0 Å². The highest BCUT2D eigenvalue weighted by atomic mass is 127. The first-order valence-corrected chi connectivity index (χ1v) is 9.03. The van der Waals surface area contributed by atoms with Crippen LogP contribution in [0, 0.1) is 5.92 Å². The Morgan fingerprint density at radius 2 is 1.71 bits per heavy atom. The minimum Gasteiger partial charge on any atom is -0.481 e. The molecule has 0 radical (unpaired) electrons. The fourth-order valence-corrected chi connectivity index (χ4v) is 1.66. The highest BCUT2D eigenvalue weighted by molar-refractivity contribution is 14.1. The third-order valence-corrected chi connectivity index (χ3v) is 3.35. The molecule has 0 saturated carbocycles. The molecule has 0 aliphatic carbocycles. The molecule has 1 atom stereocenters. The molecule has 0 bridgehead atoms. The number of aliphatic carboxylic acids is 2. The van der Waals surface area contributed by atoms with Gasteiger partial charge in [-0.2, -0.15) is 0 Å². The second kappa shape index (κ2) is 14.6. The van der Waals surface area contributed by atoms with E-state index in [2.05, 4.69) is 22.6 Å². The van der Waals surface area contributed by atoms with E-state index in [1.165, 1.54) is 0 Å². The molecule has 0 aliphatic rings. The molecule has 9 heteroatoms. The lowest BCUT2D eigenvalue weighted by molar-refractivity contribution is -0.148. The standard InChI is InChI=1S/C8H13IO4.C4H5IO3/c1-2-6(8(11)12)7(10)5-13-4-3-9;5-2-3(6)1-4(7)8/h6H,2-5H2,1H3,(H,11,12);1-2H2,(H,7,8). The average molecular weight is 528 g/mol. The summed E-state index contributed by atoms with van der Waals surface area (Å²) in [5.41, 5.74) is 0. The van der Waals surface area contributed by atoms with E-state index in [4.69, 9.17) is 14.9 Å². The van der Waals surface area contributed by atoms with E-state index in [1.807, 2.05) is 22.6 Å². The average Bonchev–Trinajstić information content (AvgIpc) is 2.39. The SMILES string of the molecule is CCC(C(=O)O)C(=O)COCCI.O=C(O)CC(=O)CI. The zero-order chi connectivity index (χ0) is 16.8. The largest absolute Gasteiger partial charge is 0.481 e. The lowest BCUT2D eigenvalue weighted by Gasteiger charge is -2.07. The number of carboxylic acid groups (broad SMARTS) is 2. The van der Waals surface area contributed by atoms with Crippen molar-refractivity contribution >= 4 is 68.7 Å². The van der Waals surface area contributed by atoms with Gasteiger partial charge >= 0.3 is 11.9 Å². The Bertz CT molecular complexity index is 358. The summed E-state index contributed by atoms with van der Waals surface area (Å²) in [7, 11) is 0. The van der Waals surface area contributed by atoms with Gasteiger partial charge in [0.2, 0.25) is 0 Å². The molecular weight excluding hydrogens is 510 g/mol. The van der Waals surface area contributed by atoms with Crippen LogP contribution in [0.3, 0.4) is 0 Å². The number of Topliss-reactive ketones (excluding diaryl/α,β-unsaturated/α-hetero) is 2. The number of halogens is 2. The molecule has 7 nitrogen and oxygen atoms in total. The predicted octanol–water partition coefficient (Wildman–Crippen LogP) is 1.58. The van der Waals surface area contributed by atoms with Crippen LogP contribution in [0.25, 0.3) is 0 Å². The summed E-state index contributed by atoms with van der Waals surface area (Å²) >= 11 is 3.96. The van der Waals surface area contributed by atoms with Crippen LogP contribution in [-0.2, 0) is 23.9 Å². The zero-order valence-electron chi connectivity index (χ0n) is 11.5. The number of rotatable bonds is 10. The molecule has 0 aromatic heterocycles. The molecule has 0 spiro atoms. The quantitative estimate of drug-likeness (QED) is 0.192. The summed E-state index contributed by atoms with van der Waals surface area (Å²) in [6.07, 6.45) is -0.0231. The number of carboxylic acids is 2. The lowest BCUT2D eigenvalue weighted by Crippen LogP contribution is -2.26. The number of hydrogen-bond acceptors (Lipinski definition) is 5. The number of carbonyl (C=O) groups excluding carboxylic acids is 2. The molecular formula is C12H18I2O7. The van der Waals surface area contributed by atoms with Gasteiger partial charge in [-0.25, -0.2) is 0 Å². The number of hydrogen-bond donors (Lipinski definition) is 2. The van der Waals surface area contributed by atoms with Gasteiger partial charge in [0.25, 0.3) is 0 Å². The number of ether oxygens (including phenoxy) is 1. The fourth-order valence-electron chi connectivity index (χ4n) is 1.08. The van der Waals surface area contributed by atoms with Crippen molar-refractivity contribution in [1.82, 2.24) is 0 Å². The van der Waals surface area contributed by atoms with Gasteiger partial charge < -0.3 is 14.9 Å². The van der Waals surface area contributed by atoms with Crippen LogP contribution in [0.5, 0.6) is 0 Å². The maximum absolute atomic E-state index is 11.2. The van der Waals surface area contributed by atoms with E-state index in [9.17, 15) is 19.2 Å². The topological polar surface area (TPSA) is 118 Å². The summed E-state index contributed by atoms with van der Waals surface area (Å²) in [5, 5.41) is 16.6. The minimum absolute atomic E-state index is 0.0895. The van der Waals surface area contributed by atoms with E-state index < -0.39 is 17.9 Å². The Labute approximate surface area is 150 Å². The number of alkyl halides is 2. The van der Waals surface area contributed by atoms with Gasteiger partial charge in [-0.1, -0.05) is 52.1 Å². The minimum atomic E-state index is -1.06. The smallest absolute Gasteiger partial charge is 0.314 e. The van der Waals surface area contributed by atoms with E-state index in [-0.39, 0.29) is 29.0 Å². The summed E-state index contributed by atoms with van der Waals surface area (Å²) in [5.74, 6) is -3.61. The third kappa shape index (κ3) is 14.4. The first kappa shape index (κ1) is 23.0. The monoisotopic (exact) mass is 528 g/mol. The zero-order valence-corrected chi connectivity index (χ0v) is 15.8. The van der Waals surface area contributed by atoms with Crippen molar-refractivity contribution in [2.45, 2.75) is 19.8 Å². The molecule has 0 aromatic rings. The predicted molar refractivity (Wildman–Crippen MR) is 92.3 cm³/mol. The Morgan fingerprint density at radius 1 is 1.14 bits per heavy atom. The van der Waals surface area contributed by atoms with Crippen LogP contribution < -0.4 is 0 Å². The third-order valence-electron chi connectivity index (χ3n) is 2.06. The maximum atomic E-state index is 11.2. The molecule has 0 heterocycles. The van der Waals surface area contributed by atoms with Gasteiger partial charge in [-0.15, -0.1) is 0 Å². The van der Waals surface area contributed by atoms with Crippen molar-refractivity contribution < 1.29 is 34.1 Å². The van der Waals surface area contributed by atoms with Crippen LogP contribution >= 0.6 is 45.2 Å². The van der Waals surface area contributed by atoms with Gasteiger partial charge in [0, 0.05) is 4.43 Å². The summed E-state index contributed by atoms with van der Waals surface area (Å²) in [6, 6.07) is 0. The number of carbonyl (C=O) groups is 4. The molecule has 122 valence electrons. The molecule has 21 heavy (non-hydrogen) atoms. The van der Waals surface area contributed by atoms with E-state index in [1.54, 1.807) is 6.92 Å². The van der Waals surface area contributed by atoms with Crippen molar-refractivity contribution in [2.24, 2.45) is 5.92 Å². The van der Waals surface area contributed by atoms with E-state index in [0.717, 1.165) is 4.43 Å². The van der Waals surface area contributed by atoms with Gasteiger partial charge in [-0.3, -0.25) is 19.2 Å². The first-order chi connectivity index (χ1) is 9.79. The summed E-state index contributed by atoms with van der Waals surface area (Å²) in [6.45, 7) is 2.07. The second-order valence-electron chi connectivity index (χ2n) is 3.75. The van der Waals surface area contributed by atoms with Crippen molar-refractivity contribution in [1.29, 1.82) is 0 Å². The number of ketones is 2. The maximum Gasteiger partial charge on any atom is 0.314 e. The Morgan fingerprint density at radius 3 is 2.00 bits per heavy atom.